The van der Waals surface area contributed by atoms with Crippen molar-refractivity contribution in [1.82, 2.24) is 0 Å². The lowest BCUT2D eigenvalue weighted by atomic mass is 10.3. The van der Waals surface area contributed by atoms with Crippen molar-refractivity contribution in [2.45, 2.75) is 20.0 Å². The van der Waals surface area contributed by atoms with Crippen molar-refractivity contribution in [2.24, 2.45) is 4.99 Å². The van der Waals surface area contributed by atoms with E-state index in [-0.39, 0.29) is 6.10 Å². The molecule has 1 aromatic carbocycles. The summed E-state index contributed by atoms with van der Waals surface area (Å²) < 4.78 is 5.48. The minimum atomic E-state index is 0.173. The van der Waals surface area contributed by atoms with Gasteiger partial charge < -0.3 is 4.74 Å². The highest BCUT2D eigenvalue weighted by Gasteiger charge is 1.97. The summed E-state index contributed by atoms with van der Waals surface area (Å²) in [5.41, 5.74) is 0.771. The summed E-state index contributed by atoms with van der Waals surface area (Å²) in [6, 6.07) is 7.46. The van der Waals surface area contributed by atoms with Gasteiger partial charge in [0.05, 0.1) is 17.0 Å². The number of hydrogen-bond acceptors (Lipinski definition) is 3. The van der Waals surface area contributed by atoms with Gasteiger partial charge in [0.15, 0.2) is 0 Å². The van der Waals surface area contributed by atoms with Gasteiger partial charge >= 0.3 is 0 Å². The zero-order chi connectivity index (χ0) is 9.68. The molecule has 0 spiro atoms. The van der Waals surface area contributed by atoms with Crippen LogP contribution < -0.4 is 4.74 Å². The molecule has 0 amide bonds. The molecule has 0 fully saturated rings. The highest BCUT2D eigenvalue weighted by atomic mass is 32.1. The highest BCUT2D eigenvalue weighted by Crippen LogP contribution is 2.20. The molecule has 0 radical (unpaired) electrons. The van der Waals surface area contributed by atoms with Crippen LogP contribution in [0.4, 0.5) is 5.69 Å². The molecular weight excluding hydrogens is 182 g/mol. The second kappa shape index (κ2) is 4.75. The van der Waals surface area contributed by atoms with Crippen molar-refractivity contribution < 1.29 is 4.74 Å². The van der Waals surface area contributed by atoms with Gasteiger partial charge in [0.25, 0.3) is 0 Å². The number of rotatable bonds is 3. The Morgan fingerprint density at radius 2 is 2.23 bits per heavy atom. The van der Waals surface area contributed by atoms with Crippen LogP contribution in [0.15, 0.2) is 29.3 Å². The monoisotopic (exact) mass is 193 g/mol. The third-order valence-corrected chi connectivity index (χ3v) is 1.46. The average Bonchev–Trinajstić information content (AvgIpc) is 2.04. The summed E-state index contributed by atoms with van der Waals surface area (Å²) >= 11 is 4.51. The van der Waals surface area contributed by atoms with Crippen molar-refractivity contribution >= 4 is 23.1 Å². The van der Waals surface area contributed by atoms with Gasteiger partial charge in [-0.1, -0.05) is 6.07 Å². The third-order valence-electron chi connectivity index (χ3n) is 1.36. The smallest absolute Gasteiger partial charge is 0.121 e. The van der Waals surface area contributed by atoms with E-state index in [4.69, 9.17) is 4.74 Å². The van der Waals surface area contributed by atoms with Gasteiger partial charge in [-0.3, -0.25) is 0 Å². The van der Waals surface area contributed by atoms with E-state index < -0.39 is 0 Å². The number of hydrogen-bond donors (Lipinski definition) is 0. The van der Waals surface area contributed by atoms with Crippen LogP contribution in [0, 0.1) is 0 Å². The van der Waals surface area contributed by atoms with Gasteiger partial charge in [-0.15, -0.1) is 0 Å². The van der Waals surface area contributed by atoms with E-state index in [0.717, 1.165) is 11.4 Å². The van der Waals surface area contributed by atoms with E-state index in [1.165, 1.54) is 0 Å². The molecule has 0 aliphatic rings. The first-order valence-corrected chi connectivity index (χ1v) is 4.48. The van der Waals surface area contributed by atoms with E-state index in [1.54, 1.807) is 0 Å². The lowest BCUT2D eigenvalue weighted by Crippen LogP contribution is -2.04. The first-order valence-electron chi connectivity index (χ1n) is 4.07. The van der Waals surface area contributed by atoms with Crippen LogP contribution in [-0.4, -0.2) is 11.3 Å². The summed E-state index contributed by atoms with van der Waals surface area (Å²) in [5, 5.41) is 2.32. The van der Waals surface area contributed by atoms with Crippen LogP contribution in [0.2, 0.25) is 0 Å². The molecule has 0 aromatic heterocycles. The van der Waals surface area contributed by atoms with Crippen molar-refractivity contribution in [3.8, 4) is 5.75 Å². The Bertz CT molecular complexity index is 329. The second-order valence-corrected chi connectivity index (χ2v) is 3.05. The van der Waals surface area contributed by atoms with Gasteiger partial charge in [0.1, 0.15) is 5.75 Å². The zero-order valence-corrected chi connectivity index (χ0v) is 8.47. The number of ether oxygens (including phenoxy) is 1. The van der Waals surface area contributed by atoms with Crippen molar-refractivity contribution in [3.05, 3.63) is 24.3 Å². The predicted molar refractivity (Wildman–Crippen MR) is 56.9 cm³/mol. The molecule has 3 heteroatoms. The lowest BCUT2D eigenvalue weighted by molar-refractivity contribution is 0.242. The SMILES string of the molecule is CC(C)Oc1cccc(N=C=S)c1. The molecular formula is C10H11NOS. The van der Waals surface area contributed by atoms with Crippen LogP contribution in [0.1, 0.15) is 13.8 Å². The van der Waals surface area contributed by atoms with E-state index >= 15 is 0 Å². The summed E-state index contributed by atoms with van der Waals surface area (Å²) in [6.45, 7) is 3.96. The van der Waals surface area contributed by atoms with E-state index in [2.05, 4.69) is 22.4 Å². The summed E-state index contributed by atoms with van der Waals surface area (Å²) in [5.74, 6) is 0.807. The molecule has 13 heavy (non-hydrogen) atoms. The van der Waals surface area contributed by atoms with Crippen LogP contribution in [-0.2, 0) is 0 Å². The van der Waals surface area contributed by atoms with E-state index in [9.17, 15) is 0 Å². The molecule has 68 valence electrons. The second-order valence-electron chi connectivity index (χ2n) is 2.87. The van der Waals surface area contributed by atoms with Crippen LogP contribution in [0.5, 0.6) is 5.75 Å². The Morgan fingerprint density at radius 1 is 1.46 bits per heavy atom. The number of benzene rings is 1. The fraction of sp³-hybridized carbons (Fsp3) is 0.300. The molecule has 0 bridgehead atoms. The summed E-state index contributed by atoms with van der Waals surface area (Å²) in [4.78, 5) is 3.86. The standard InChI is InChI=1S/C10H11NOS/c1-8(2)12-10-5-3-4-9(6-10)11-7-13/h3-6,8H,1-2H3. The lowest BCUT2D eigenvalue weighted by Gasteiger charge is -2.08. The Kier molecular flexibility index (Phi) is 3.62. The molecule has 2 nitrogen and oxygen atoms in total. The molecule has 0 aliphatic carbocycles. The topological polar surface area (TPSA) is 21.6 Å². The minimum Gasteiger partial charge on any atom is -0.491 e. The third kappa shape index (κ3) is 3.36. The first kappa shape index (κ1) is 9.90. The predicted octanol–water partition coefficient (Wildman–Crippen LogP) is 3.21. The quantitative estimate of drug-likeness (QED) is 0.543. The fourth-order valence-electron chi connectivity index (χ4n) is 0.951. The Morgan fingerprint density at radius 3 is 2.85 bits per heavy atom. The number of isothiocyanates is 1. The number of nitrogens with zero attached hydrogens (tertiary/aromatic N) is 1. The van der Waals surface area contributed by atoms with Crippen LogP contribution in [0.3, 0.4) is 0 Å². The van der Waals surface area contributed by atoms with Gasteiger partial charge in [-0.25, -0.2) is 0 Å². The highest BCUT2D eigenvalue weighted by molar-refractivity contribution is 7.78. The summed E-state index contributed by atoms with van der Waals surface area (Å²) in [6.07, 6.45) is 0.173. The van der Waals surface area contributed by atoms with Crippen LogP contribution in [0.25, 0.3) is 0 Å². The van der Waals surface area contributed by atoms with Crippen molar-refractivity contribution in [2.75, 3.05) is 0 Å². The first-order chi connectivity index (χ1) is 6.22. The fourth-order valence-corrected chi connectivity index (χ4v) is 1.06. The maximum absolute atomic E-state index is 5.48. The van der Waals surface area contributed by atoms with Gasteiger partial charge in [-0.2, -0.15) is 4.99 Å². The van der Waals surface area contributed by atoms with Crippen molar-refractivity contribution in [3.63, 3.8) is 0 Å². The Labute approximate surface area is 83.3 Å². The van der Waals surface area contributed by atoms with E-state index in [0.29, 0.717) is 0 Å². The maximum Gasteiger partial charge on any atom is 0.121 e. The Hall–Kier alpha value is -1.18. The molecule has 0 saturated heterocycles. The molecule has 0 unspecified atom stereocenters. The number of aliphatic imine (C=N–C) groups is 1. The van der Waals surface area contributed by atoms with Gasteiger partial charge in [0.2, 0.25) is 0 Å². The molecule has 0 heterocycles. The van der Waals surface area contributed by atoms with Gasteiger partial charge in [0, 0.05) is 6.07 Å². The number of thiocarbonyl (C=S) groups is 1. The van der Waals surface area contributed by atoms with Gasteiger partial charge in [-0.05, 0) is 38.2 Å². The van der Waals surface area contributed by atoms with Crippen LogP contribution >= 0.6 is 12.2 Å². The molecule has 0 saturated carbocycles. The maximum atomic E-state index is 5.48. The summed E-state index contributed by atoms with van der Waals surface area (Å²) in [7, 11) is 0. The molecule has 0 atom stereocenters. The molecule has 0 N–H and O–H groups in total. The van der Waals surface area contributed by atoms with Crippen molar-refractivity contribution in [1.29, 1.82) is 0 Å². The Balaban J connectivity index is 2.85. The molecule has 1 rings (SSSR count). The average molecular weight is 193 g/mol. The zero-order valence-electron chi connectivity index (χ0n) is 7.65. The molecule has 0 aliphatic heterocycles. The largest absolute Gasteiger partial charge is 0.491 e. The molecule has 1 aromatic rings. The minimum absolute atomic E-state index is 0.173. The van der Waals surface area contributed by atoms with E-state index in [1.807, 2.05) is 38.1 Å². The normalized spacial score (nSPS) is 9.46.